The summed E-state index contributed by atoms with van der Waals surface area (Å²) in [5, 5.41) is 10.4. The SMILES string of the molecule is Brc1ccc2c3c(cccc13)-c1c-2c(-c2ccccc2)c2c3ccccc3c3ccccc3c2c1-c1ccccc1. The van der Waals surface area contributed by atoms with Crippen molar-refractivity contribution in [1.29, 1.82) is 0 Å². The lowest BCUT2D eigenvalue weighted by atomic mass is 9.79. The van der Waals surface area contributed by atoms with E-state index >= 15 is 0 Å². The summed E-state index contributed by atoms with van der Waals surface area (Å²) < 4.78 is 1.13. The third-order valence-electron chi connectivity index (χ3n) is 8.83. The van der Waals surface area contributed by atoms with Crippen LogP contribution in [-0.4, -0.2) is 0 Å². The first-order chi connectivity index (χ1) is 20.3. The summed E-state index contributed by atoms with van der Waals surface area (Å²) in [5.74, 6) is 0. The van der Waals surface area contributed by atoms with Crippen molar-refractivity contribution < 1.29 is 0 Å². The van der Waals surface area contributed by atoms with Crippen molar-refractivity contribution in [3.8, 4) is 44.5 Å². The average molecular weight is 584 g/mol. The maximum Gasteiger partial charge on any atom is 0.0254 e. The van der Waals surface area contributed by atoms with E-state index in [1.807, 2.05) is 0 Å². The second-order valence-electron chi connectivity index (χ2n) is 10.9. The number of benzene rings is 8. The molecule has 0 unspecified atom stereocenters. The molecule has 0 saturated carbocycles. The Hall–Kier alpha value is -4.72. The molecule has 8 aromatic rings. The standard InChI is InChI=1S/C40H23Br/c41-33-23-22-32-36-30(33)20-11-21-31(36)39-34(24-12-3-1-4-13-24)37-28-18-9-7-16-26(28)27-17-8-10-19-29(27)38(37)35(40(32)39)25-14-5-2-6-15-25/h1-23H. The van der Waals surface area contributed by atoms with E-state index in [0.29, 0.717) is 0 Å². The molecule has 0 aliphatic heterocycles. The third-order valence-corrected chi connectivity index (χ3v) is 9.53. The molecule has 0 radical (unpaired) electrons. The van der Waals surface area contributed by atoms with E-state index in [0.717, 1.165) is 4.47 Å². The van der Waals surface area contributed by atoms with Gasteiger partial charge in [-0.15, -0.1) is 0 Å². The fourth-order valence-electron chi connectivity index (χ4n) is 7.27. The molecule has 1 aliphatic rings. The minimum Gasteiger partial charge on any atom is -0.0622 e. The Bertz CT molecular complexity index is 2220. The Labute approximate surface area is 246 Å². The van der Waals surface area contributed by atoms with Crippen LogP contribution < -0.4 is 0 Å². The van der Waals surface area contributed by atoms with Crippen molar-refractivity contribution in [2.24, 2.45) is 0 Å². The number of hydrogen-bond acceptors (Lipinski definition) is 0. The first kappa shape index (κ1) is 23.0. The van der Waals surface area contributed by atoms with E-state index in [-0.39, 0.29) is 0 Å². The van der Waals surface area contributed by atoms with Gasteiger partial charge in [-0.3, -0.25) is 0 Å². The summed E-state index contributed by atoms with van der Waals surface area (Å²) in [7, 11) is 0. The van der Waals surface area contributed by atoms with E-state index in [4.69, 9.17) is 0 Å². The van der Waals surface area contributed by atoms with Crippen LogP contribution in [0.4, 0.5) is 0 Å². The van der Waals surface area contributed by atoms with Gasteiger partial charge in [-0.1, -0.05) is 149 Å². The van der Waals surface area contributed by atoms with Crippen LogP contribution in [0.15, 0.2) is 144 Å². The Morgan fingerprint density at radius 2 is 0.732 bits per heavy atom. The Balaban J connectivity index is 1.68. The number of fused-ring (bicyclic) bond motifs is 9. The lowest BCUT2D eigenvalue weighted by Crippen LogP contribution is -1.96. The lowest BCUT2D eigenvalue weighted by Gasteiger charge is -2.23. The molecule has 8 aromatic carbocycles. The highest BCUT2D eigenvalue weighted by molar-refractivity contribution is 9.10. The summed E-state index contributed by atoms with van der Waals surface area (Å²) in [5.41, 5.74) is 10.4. The summed E-state index contributed by atoms with van der Waals surface area (Å²) in [6.07, 6.45) is 0. The molecule has 9 rings (SSSR count). The van der Waals surface area contributed by atoms with Crippen LogP contribution in [-0.2, 0) is 0 Å². The molecule has 0 saturated heterocycles. The minimum absolute atomic E-state index is 1.13. The predicted octanol–water partition coefficient (Wildman–Crippen LogP) is 12.0. The smallest absolute Gasteiger partial charge is 0.0254 e. The highest BCUT2D eigenvalue weighted by Crippen LogP contribution is 2.60. The molecule has 0 amide bonds. The van der Waals surface area contributed by atoms with E-state index in [2.05, 4.69) is 155 Å². The Morgan fingerprint density at radius 1 is 0.293 bits per heavy atom. The van der Waals surface area contributed by atoms with Crippen molar-refractivity contribution >= 4 is 59.0 Å². The molecule has 0 fully saturated rings. The van der Waals surface area contributed by atoms with E-state index in [1.54, 1.807) is 0 Å². The molecular formula is C40H23Br. The fraction of sp³-hybridized carbons (Fsp3) is 0. The molecule has 0 N–H and O–H groups in total. The molecular weight excluding hydrogens is 560 g/mol. The van der Waals surface area contributed by atoms with Gasteiger partial charge in [0.2, 0.25) is 0 Å². The predicted molar refractivity (Wildman–Crippen MR) is 179 cm³/mol. The lowest BCUT2D eigenvalue weighted by molar-refractivity contribution is 1.63. The van der Waals surface area contributed by atoms with Crippen LogP contribution in [0.2, 0.25) is 0 Å². The second kappa shape index (κ2) is 8.64. The molecule has 190 valence electrons. The molecule has 0 heterocycles. The van der Waals surface area contributed by atoms with Crippen LogP contribution in [0.1, 0.15) is 0 Å². The van der Waals surface area contributed by atoms with Crippen molar-refractivity contribution in [1.82, 2.24) is 0 Å². The molecule has 0 nitrogen and oxygen atoms in total. The third kappa shape index (κ3) is 3.10. The average Bonchev–Trinajstić information content (AvgIpc) is 3.37. The number of halogens is 1. The molecule has 41 heavy (non-hydrogen) atoms. The normalized spacial score (nSPS) is 12.0. The number of hydrogen-bond donors (Lipinski definition) is 0. The monoisotopic (exact) mass is 582 g/mol. The van der Waals surface area contributed by atoms with Crippen molar-refractivity contribution in [3.63, 3.8) is 0 Å². The largest absolute Gasteiger partial charge is 0.0622 e. The molecule has 1 aliphatic carbocycles. The van der Waals surface area contributed by atoms with Gasteiger partial charge in [0, 0.05) is 4.47 Å². The van der Waals surface area contributed by atoms with Gasteiger partial charge in [0.05, 0.1) is 0 Å². The van der Waals surface area contributed by atoms with Crippen LogP contribution in [0.25, 0.3) is 87.6 Å². The van der Waals surface area contributed by atoms with Gasteiger partial charge in [0.15, 0.2) is 0 Å². The summed E-state index contributed by atoms with van der Waals surface area (Å²) in [6.45, 7) is 0. The van der Waals surface area contributed by atoms with E-state index in [9.17, 15) is 0 Å². The van der Waals surface area contributed by atoms with E-state index in [1.165, 1.54) is 87.6 Å². The Morgan fingerprint density at radius 3 is 1.27 bits per heavy atom. The van der Waals surface area contributed by atoms with E-state index < -0.39 is 0 Å². The number of rotatable bonds is 2. The fourth-order valence-corrected chi connectivity index (χ4v) is 7.74. The zero-order chi connectivity index (χ0) is 27.1. The van der Waals surface area contributed by atoms with Crippen LogP contribution in [0, 0.1) is 0 Å². The minimum atomic E-state index is 1.13. The van der Waals surface area contributed by atoms with Gasteiger partial charge < -0.3 is 0 Å². The quantitative estimate of drug-likeness (QED) is 0.178. The van der Waals surface area contributed by atoms with Crippen molar-refractivity contribution in [2.75, 3.05) is 0 Å². The molecule has 0 spiro atoms. The van der Waals surface area contributed by atoms with Gasteiger partial charge >= 0.3 is 0 Å². The summed E-state index contributed by atoms with van der Waals surface area (Å²) in [6, 6.07) is 51.2. The highest BCUT2D eigenvalue weighted by atomic mass is 79.9. The first-order valence-electron chi connectivity index (χ1n) is 14.1. The van der Waals surface area contributed by atoms with Gasteiger partial charge in [0.25, 0.3) is 0 Å². The molecule has 1 heteroatoms. The molecule has 0 bridgehead atoms. The van der Waals surface area contributed by atoms with Gasteiger partial charge in [0.1, 0.15) is 0 Å². The Kier molecular flexibility index (Phi) is 4.85. The van der Waals surface area contributed by atoms with Gasteiger partial charge in [-0.2, -0.15) is 0 Å². The topological polar surface area (TPSA) is 0 Å². The van der Waals surface area contributed by atoms with Crippen LogP contribution in [0.5, 0.6) is 0 Å². The van der Waals surface area contributed by atoms with Crippen LogP contribution >= 0.6 is 15.9 Å². The van der Waals surface area contributed by atoms with Crippen molar-refractivity contribution in [3.05, 3.63) is 144 Å². The molecule has 0 aromatic heterocycles. The highest BCUT2D eigenvalue weighted by Gasteiger charge is 2.32. The zero-order valence-electron chi connectivity index (χ0n) is 22.2. The van der Waals surface area contributed by atoms with Gasteiger partial charge in [-0.25, -0.2) is 0 Å². The molecule has 0 atom stereocenters. The second-order valence-corrected chi connectivity index (χ2v) is 11.8. The van der Waals surface area contributed by atoms with Gasteiger partial charge in [-0.05, 0) is 93.7 Å². The maximum atomic E-state index is 3.87. The van der Waals surface area contributed by atoms with Crippen molar-refractivity contribution in [2.45, 2.75) is 0 Å². The van der Waals surface area contributed by atoms with Crippen LogP contribution in [0.3, 0.4) is 0 Å². The first-order valence-corrected chi connectivity index (χ1v) is 14.9. The zero-order valence-corrected chi connectivity index (χ0v) is 23.7. The summed E-state index contributed by atoms with van der Waals surface area (Å²) >= 11 is 3.87. The summed E-state index contributed by atoms with van der Waals surface area (Å²) in [4.78, 5) is 0. The maximum absolute atomic E-state index is 3.87.